The van der Waals surface area contributed by atoms with Crippen LogP contribution in [0.15, 0.2) is 0 Å². The van der Waals surface area contributed by atoms with E-state index in [-0.39, 0.29) is 17.7 Å². The van der Waals surface area contributed by atoms with Crippen LogP contribution in [0.2, 0.25) is 0 Å². The summed E-state index contributed by atoms with van der Waals surface area (Å²) in [6.45, 7) is 7.85. The van der Waals surface area contributed by atoms with Crippen LogP contribution in [0.3, 0.4) is 0 Å². The van der Waals surface area contributed by atoms with Gasteiger partial charge in [-0.1, -0.05) is 6.42 Å². The fourth-order valence-electron chi connectivity index (χ4n) is 3.50. The summed E-state index contributed by atoms with van der Waals surface area (Å²) in [6.07, 6.45) is 3.53. The average Bonchev–Trinajstić information content (AvgIpc) is 2.20. The number of carbonyl (C=O) groups excluding carboxylic acids is 2. The maximum atomic E-state index is 12.3. The summed E-state index contributed by atoms with van der Waals surface area (Å²) in [5.41, 5.74) is -0.981. The number of rotatable bonds is 1. The summed E-state index contributed by atoms with van der Waals surface area (Å²) in [4.78, 5) is 26.2. The minimum absolute atomic E-state index is 0.127. The Hall–Kier alpha value is -0.860. The monoisotopic (exact) mass is 223 g/mol. The smallest absolute Gasteiger partial charge is 0.232 e. The normalized spacial score (nSPS) is 33.4. The van der Waals surface area contributed by atoms with E-state index >= 15 is 0 Å². The van der Waals surface area contributed by atoms with Crippen LogP contribution in [0.25, 0.3) is 0 Å². The van der Waals surface area contributed by atoms with Gasteiger partial charge in [0.15, 0.2) is 5.78 Å². The van der Waals surface area contributed by atoms with Gasteiger partial charge >= 0.3 is 0 Å². The number of hydrogen-bond acceptors (Lipinski definition) is 2. The number of amides is 1. The molecule has 2 aliphatic rings. The first-order valence-corrected chi connectivity index (χ1v) is 6.23. The lowest BCUT2D eigenvalue weighted by molar-refractivity contribution is -0.200. The molecule has 1 saturated carbocycles. The molecule has 1 aliphatic carbocycles. The van der Waals surface area contributed by atoms with Gasteiger partial charge in [0.05, 0.1) is 5.41 Å². The summed E-state index contributed by atoms with van der Waals surface area (Å²) in [5.74, 6) is 0.412. The minimum atomic E-state index is -0.491. The molecule has 1 saturated heterocycles. The van der Waals surface area contributed by atoms with Crippen LogP contribution in [0, 0.1) is 5.41 Å². The maximum absolute atomic E-state index is 12.3. The van der Waals surface area contributed by atoms with Gasteiger partial charge in [0.2, 0.25) is 5.91 Å². The zero-order valence-electron chi connectivity index (χ0n) is 10.7. The van der Waals surface area contributed by atoms with E-state index in [9.17, 15) is 9.59 Å². The van der Waals surface area contributed by atoms with Crippen LogP contribution in [0.4, 0.5) is 0 Å². The highest BCUT2D eigenvalue weighted by atomic mass is 16.2. The highest BCUT2D eigenvalue weighted by molar-refractivity contribution is 6.06. The van der Waals surface area contributed by atoms with E-state index in [2.05, 4.69) is 0 Å². The second-order valence-corrected chi connectivity index (χ2v) is 5.88. The zero-order valence-corrected chi connectivity index (χ0v) is 10.7. The minimum Gasteiger partial charge on any atom is -0.326 e. The van der Waals surface area contributed by atoms with E-state index in [1.807, 2.05) is 32.6 Å². The van der Waals surface area contributed by atoms with Gasteiger partial charge in [0, 0.05) is 12.5 Å². The number of Topliss-reactive ketones (excluding diaryl/α,β-unsaturated/α-hetero) is 1. The van der Waals surface area contributed by atoms with E-state index in [0.717, 1.165) is 19.3 Å². The molecule has 1 amide bonds. The highest BCUT2D eigenvalue weighted by Gasteiger charge is 2.69. The molecule has 90 valence electrons. The average molecular weight is 223 g/mol. The molecule has 1 heterocycles. The molecule has 2 rings (SSSR count). The summed E-state index contributed by atoms with van der Waals surface area (Å²) >= 11 is 0. The van der Waals surface area contributed by atoms with Crippen LogP contribution in [-0.4, -0.2) is 28.2 Å². The lowest BCUT2D eigenvalue weighted by Gasteiger charge is -2.64. The van der Waals surface area contributed by atoms with Crippen LogP contribution in [0.5, 0.6) is 0 Å². The summed E-state index contributed by atoms with van der Waals surface area (Å²) < 4.78 is 0. The van der Waals surface area contributed by atoms with Gasteiger partial charge < -0.3 is 4.90 Å². The number of hydrogen-bond donors (Lipinski definition) is 0. The first-order chi connectivity index (χ1) is 7.35. The van der Waals surface area contributed by atoms with Gasteiger partial charge in [-0.15, -0.1) is 0 Å². The van der Waals surface area contributed by atoms with Crippen LogP contribution in [0.1, 0.15) is 53.4 Å². The molecule has 0 bridgehead atoms. The van der Waals surface area contributed by atoms with Crippen molar-refractivity contribution in [3.8, 4) is 0 Å². The molecule has 0 aromatic rings. The Morgan fingerprint density at radius 2 is 1.81 bits per heavy atom. The van der Waals surface area contributed by atoms with Crippen molar-refractivity contribution in [2.45, 2.75) is 65.0 Å². The third kappa shape index (κ3) is 1.09. The Balaban J connectivity index is 2.42. The van der Waals surface area contributed by atoms with Gasteiger partial charge in [0.1, 0.15) is 5.54 Å². The quantitative estimate of drug-likeness (QED) is 0.639. The second-order valence-electron chi connectivity index (χ2n) is 5.88. The van der Waals surface area contributed by atoms with E-state index in [1.54, 1.807) is 0 Å². The molecule has 0 N–H and O–H groups in total. The van der Waals surface area contributed by atoms with E-state index < -0.39 is 11.0 Å². The Morgan fingerprint density at radius 3 is 2.31 bits per heavy atom. The molecule has 0 aromatic heterocycles. The molecule has 2 fully saturated rings. The molecule has 1 spiro atoms. The molecule has 3 heteroatoms. The predicted octanol–water partition coefficient (Wildman–Crippen LogP) is 2.15. The zero-order chi connectivity index (χ0) is 12.1. The number of ketones is 1. The number of likely N-dealkylation sites (tertiary alicyclic amines) is 1. The van der Waals surface area contributed by atoms with Crippen LogP contribution < -0.4 is 0 Å². The fraction of sp³-hybridized carbons (Fsp3) is 0.846. The third-order valence-electron chi connectivity index (χ3n) is 4.37. The molecule has 1 aliphatic heterocycles. The lowest BCUT2D eigenvalue weighted by Crippen LogP contribution is -2.81. The summed E-state index contributed by atoms with van der Waals surface area (Å²) in [6, 6.07) is 0.127. The van der Waals surface area contributed by atoms with Gasteiger partial charge in [-0.3, -0.25) is 9.59 Å². The van der Waals surface area contributed by atoms with Crippen molar-refractivity contribution in [1.29, 1.82) is 0 Å². The van der Waals surface area contributed by atoms with E-state index in [0.29, 0.717) is 6.42 Å². The van der Waals surface area contributed by atoms with Crippen molar-refractivity contribution in [2.75, 3.05) is 0 Å². The Labute approximate surface area is 97.2 Å². The van der Waals surface area contributed by atoms with Gasteiger partial charge in [-0.05, 0) is 40.5 Å². The summed E-state index contributed by atoms with van der Waals surface area (Å²) in [7, 11) is 0. The first kappa shape index (κ1) is 11.6. The number of nitrogens with zero attached hydrogens (tertiary/aromatic N) is 1. The molecule has 0 radical (unpaired) electrons. The fourth-order valence-corrected chi connectivity index (χ4v) is 3.50. The molecular formula is C13H21NO2. The van der Waals surface area contributed by atoms with Gasteiger partial charge in [0.25, 0.3) is 0 Å². The van der Waals surface area contributed by atoms with Gasteiger partial charge in [-0.2, -0.15) is 0 Å². The van der Waals surface area contributed by atoms with Crippen molar-refractivity contribution in [3.05, 3.63) is 0 Å². The van der Waals surface area contributed by atoms with Crippen molar-refractivity contribution in [3.63, 3.8) is 0 Å². The standard InChI is InChI=1S/C13H21NO2/c1-9(2)14-11(16)12(3,4)13(14)8-6-5-7-10(13)15/h9H,5-8H2,1-4H3/t13-/m0/s1. The number of β-lactam (4-membered cyclic amide) rings is 1. The predicted molar refractivity (Wildman–Crippen MR) is 62.0 cm³/mol. The number of carbonyl (C=O) groups is 2. The van der Waals surface area contributed by atoms with Crippen molar-refractivity contribution in [1.82, 2.24) is 4.90 Å². The van der Waals surface area contributed by atoms with Crippen molar-refractivity contribution in [2.24, 2.45) is 5.41 Å². The Kier molecular flexibility index (Phi) is 2.41. The lowest BCUT2D eigenvalue weighted by atomic mass is 9.55. The van der Waals surface area contributed by atoms with Crippen LogP contribution in [-0.2, 0) is 9.59 Å². The van der Waals surface area contributed by atoms with E-state index in [4.69, 9.17) is 0 Å². The molecule has 0 aromatic carbocycles. The molecule has 1 atom stereocenters. The Bertz CT molecular complexity index is 346. The van der Waals surface area contributed by atoms with Crippen LogP contribution >= 0.6 is 0 Å². The first-order valence-electron chi connectivity index (χ1n) is 6.23. The SMILES string of the molecule is CC(C)N1C(=O)C(C)(C)[C@@]12CCCCC2=O. The van der Waals surface area contributed by atoms with E-state index in [1.165, 1.54) is 0 Å². The molecule has 0 unspecified atom stereocenters. The Morgan fingerprint density at radius 1 is 1.19 bits per heavy atom. The largest absolute Gasteiger partial charge is 0.326 e. The third-order valence-corrected chi connectivity index (χ3v) is 4.37. The van der Waals surface area contributed by atoms with Crippen molar-refractivity contribution < 1.29 is 9.59 Å². The van der Waals surface area contributed by atoms with Gasteiger partial charge in [-0.25, -0.2) is 0 Å². The molecule has 3 nitrogen and oxygen atoms in total. The molecule has 16 heavy (non-hydrogen) atoms. The maximum Gasteiger partial charge on any atom is 0.232 e. The van der Waals surface area contributed by atoms with Crippen molar-refractivity contribution >= 4 is 11.7 Å². The topological polar surface area (TPSA) is 37.4 Å². The highest BCUT2D eigenvalue weighted by Crippen LogP contribution is 2.54. The molecular weight excluding hydrogens is 202 g/mol. The summed E-state index contributed by atoms with van der Waals surface area (Å²) in [5, 5.41) is 0. The second kappa shape index (κ2) is 3.31.